The first kappa shape index (κ1) is 18.8. The van der Waals surface area contributed by atoms with E-state index in [1.165, 1.54) is 12.5 Å². The van der Waals surface area contributed by atoms with Crippen LogP contribution in [-0.2, 0) is 11.2 Å². The van der Waals surface area contributed by atoms with Crippen LogP contribution in [0.3, 0.4) is 0 Å². The lowest BCUT2D eigenvalue weighted by Crippen LogP contribution is -2.51. The molecule has 3 aliphatic rings. The summed E-state index contributed by atoms with van der Waals surface area (Å²) in [4.78, 5) is 32.8. The molecule has 0 unspecified atom stereocenters. The van der Waals surface area contributed by atoms with Gasteiger partial charge >= 0.3 is 0 Å². The molecule has 6 rings (SSSR count). The van der Waals surface area contributed by atoms with Gasteiger partial charge in [0.1, 0.15) is 5.82 Å². The Morgan fingerprint density at radius 1 is 1.20 bits per heavy atom. The van der Waals surface area contributed by atoms with Crippen molar-refractivity contribution in [2.75, 3.05) is 5.32 Å². The largest absolute Gasteiger partial charge is 0.357 e. The number of hydrogen-bond acceptors (Lipinski definition) is 3. The Bertz CT molecular complexity index is 1160. The fraction of sp³-hybridized carbons (Fsp3) is 0.320. The maximum atomic E-state index is 13.4. The summed E-state index contributed by atoms with van der Waals surface area (Å²) in [6.45, 7) is 5.87. The van der Waals surface area contributed by atoms with Gasteiger partial charge in [-0.3, -0.25) is 9.59 Å². The fourth-order valence-corrected chi connectivity index (χ4v) is 5.20. The van der Waals surface area contributed by atoms with Crippen molar-refractivity contribution in [2.24, 2.45) is 11.3 Å². The predicted molar refractivity (Wildman–Crippen MR) is 117 cm³/mol. The van der Waals surface area contributed by atoms with Crippen LogP contribution in [0, 0.1) is 11.3 Å². The van der Waals surface area contributed by atoms with E-state index in [1.54, 1.807) is 6.20 Å². The first-order valence-corrected chi connectivity index (χ1v) is 10.4. The van der Waals surface area contributed by atoms with Gasteiger partial charge in [0.15, 0.2) is 5.78 Å². The minimum Gasteiger partial charge on any atom is -0.357 e. The summed E-state index contributed by atoms with van der Waals surface area (Å²) in [5.74, 6) is 1.08. The number of amides is 1. The molecule has 1 fully saturated rings. The quantitative estimate of drug-likeness (QED) is 0.652. The summed E-state index contributed by atoms with van der Waals surface area (Å²) in [5, 5.41) is 2.75. The summed E-state index contributed by atoms with van der Waals surface area (Å²) in [7, 11) is 0. The molecule has 1 aromatic carbocycles. The van der Waals surface area contributed by atoms with E-state index in [0.717, 1.165) is 34.5 Å². The molecule has 5 heteroatoms. The molecule has 0 radical (unpaired) electrons. The highest BCUT2D eigenvalue weighted by atomic mass is 16.1. The van der Waals surface area contributed by atoms with Crippen molar-refractivity contribution in [1.82, 2.24) is 9.97 Å². The lowest BCUT2D eigenvalue weighted by atomic mass is 9.48. The van der Waals surface area contributed by atoms with E-state index in [4.69, 9.17) is 0 Å². The van der Waals surface area contributed by atoms with Gasteiger partial charge in [-0.1, -0.05) is 44.2 Å². The van der Waals surface area contributed by atoms with Crippen LogP contribution in [0.2, 0.25) is 0 Å². The van der Waals surface area contributed by atoms with Crippen LogP contribution in [0.4, 0.5) is 5.82 Å². The number of nitrogens with one attached hydrogen (secondary N) is 2. The number of rotatable bonds is 4. The van der Waals surface area contributed by atoms with E-state index in [2.05, 4.69) is 41.3 Å². The number of aromatic amines is 1. The lowest BCUT2D eigenvalue weighted by molar-refractivity contribution is -0.114. The van der Waals surface area contributed by atoms with Crippen LogP contribution >= 0.6 is 0 Å². The minimum atomic E-state index is -0.160. The number of hydrogen-bond donors (Lipinski definition) is 2. The Kier molecular flexibility index (Phi) is 4.17. The topological polar surface area (TPSA) is 74.8 Å². The fourth-order valence-electron chi connectivity index (χ4n) is 5.20. The second-order valence-corrected chi connectivity index (χ2v) is 9.07. The molecule has 2 aromatic heterocycles. The SMILES string of the molecule is CC(=O)Nc1cc(-c2[nH]c3c(c2Cc2ccccc2)C(=O)[C@@H]2C[C@H]3C2(C)C)ccn1. The third kappa shape index (κ3) is 2.80. The zero-order valence-corrected chi connectivity index (χ0v) is 17.5. The molecular formula is C25H25N3O2. The Morgan fingerprint density at radius 3 is 2.67 bits per heavy atom. The number of aromatic nitrogens is 2. The molecule has 0 spiro atoms. The third-order valence-electron chi connectivity index (χ3n) is 6.89. The van der Waals surface area contributed by atoms with Crippen molar-refractivity contribution < 1.29 is 9.59 Å². The van der Waals surface area contributed by atoms with Gasteiger partial charge < -0.3 is 10.3 Å². The molecular weight excluding hydrogens is 374 g/mol. The standard InChI is InChI=1S/C25H25N3O2/c1-14(29)27-20-12-16(9-10-26-20)22-17(11-15-7-5-4-6-8-15)21-23(28-22)18-13-19(24(21)30)25(18,2)3/h4-10,12,18-19,28H,11,13H2,1-3H3,(H,26,27,29)/t18-,19+/m1/s1. The molecule has 2 atom stereocenters. The van der Waals surface area contributed by atoms with E-state index in [-0.39, 0.29) is 23.0 Å². The Hall–Kier alpha value is -3.21. The summed E-state index contributed by atoms with van der Waals surface area (Å²) in [5.41, 5.74) is 6.05. The highest BCUT2D eigenvalue weighted by Gasteiger charge is 2.58. The molecule has 0 saturated heterocycles. The van der Waals surface area contributed by atoms with Gasteiger partial charge in [-0.2, -0.15) is 0 Å². The summed E-state index contributed by atoms with van der Waals surface area (Å²) < 4.78 is 0. The third-order valence-corrected chi connectivity index (χ3v) is 6.89. The average Bonchev–Trinajstić information content (AvgIpc) is 3.08. The number of carbonyl (C=O) groups is 2. The molecule has 2 heterocycles. The predicted octanol–water partition coefficient (Wildman–Crippen LogP) is 4.95. The van der Waals surface area contributed by atoms with Gasteiger partial charge in [0.2, 0.25) is 5.91 Å². The van der Waals surface area contributed by atoms with E-state index < -0.39 is 0 Å². The molecule has 3 aromatic rings. The maximum Gasteiger partial charge on any atom is 0.222 e. The Morgan fingerprint density at radius 2 is 1.97 bits per heavy atom. The van der Waals surface area contributed by atoms with Crippen molar-refractivity contribution in [3.8, 4) is 11.3 Å². The highest BCUT2D eigenvalue weighted by Crippen LogP contribution is 2.62. The van der Waals surface area contributed by atoms with Crippen LogP contribution < -0.4 is 5.32 Å². The summed E-state index contributed by atoms with van der Waals surface area (Å²) in [6, 6.07) is 14.0. The van der Waals surface area contributed by atoms with E-state index in [9.17, 15) is 9.59 Å². The number of ketones is 1. The lowest BCUT2D eigenvalue weighted by Gasteiger charge is -2.54. The molecule has 1 saturated carbocycles. The maximum absolute atomic E-state index is 13.4. The van der Waals surface area contributed by atoms with Crippen molar-refractivity contribution in [2.45, 2.75) is 39.5 Å². The molecule has 5 nitrogen and oxygen atoms in total. The van der Waals surface area contributed by atoms with E-state index in [1.807, 2.05) is 30.3 Å². The number of nitrogens with zero attached hydrogens (tertiary/aromatic N) is 1. The number of anilines is 1. The van der Waals surface area contributed by atoms with Crippen LogP contribution in [0.25, 0.3) is 11.3 Å². The van der Waals surface area contributed by atoms with Gasteiger partial charge in [-0.25, -0.2) is 4.98 Å². The normalized spacial score (nSPS) is 21.0. The zero-order chi connectivity index (χ0) is 21.0. The monoisotopic (exact) mass is 399 g/mol. The van der Waals surface area contributed by atoms with Crippen molar-refractivity contribution in [3.05, 3.63) is 71.0 Å². The molecule has 2 bridgehead atoms. The second-order valence-electron chi connectivity index (χ2n) is 9.07. The van der Waals surface area contributed by atoms with Crippen LogP contribution in [0.5, 0.6) is 0 Å². The van der Waals surface area contributed by atoms with Crippen molar-refractivity contribution >= 4 is 17.5 Å². The molecule has 1 amide bonds. The average molecular weight is 399 g/mol. The number of Topliss-reactive ketones (excluding diaryl/α,β-unsaturated/α-hetero) is 1. The Labute approximate surface area is 175 Å². The number of pyridine rings is 1. The van der Waals surface area contributed by atoms with Crippen LogP contribution in [0.15, 0.2) is 48.7 Å². The van der Waals surface area contributed by atoms with Crippen molar-refractivity contribution in [1.29, 1.82) is 0 Å². The molecule has 3 aliphatic carbocycles. The van der Waals surface area contributed by atoms with Gasteiger partial charge in [-0.15, -0.1) is 0 Å². The smallest absolute Gasteiger partial charge is 0.222 e. The minimum absolute atomic E-state index is 0.00415. The first-order valence-electron chi connectivity index (χ1n) is 10.4. The number of carbonyl (C=O) groups excluding carboxylic acids is 2. The van der Waals surface area contributed by atoms with Gasteiger partial charge in [0, 0.05) is 48.2 Å². The van der Waals surface area contributed by atoms with Gasteiger partial charge in [0.05, 0.1) is 5.69 Å². The van der Waals surface area contributed by atoms with Gasteiger partial charge in [0.25, 0.3) is 0 Å². The molecule has 152 valence electrons. The van der Waals surface area contributed by atoms with Crippen molar-refractivity contribution in [3.63, 3.8) is 0 Å². The molecule has 2 N–H and O–H groups in total. The first-order chi connectivity index (χ1) is 14.4. The molecule has 0 aliphatic heterocycles. The Balaban J connectivity index is 1.67. The zero-order valence-electron chi connectivity index (χ0n) is 17.5. The van der Waals surface area contributed by atoms with E-state index >= 15 is 0 Å². The molecule has 30 heavy (non-hydrogen) atoms. The summed E-state index contributed by atoms with van der Waals surface area (Å²) in [6.07, 6.45) is 3.31. The van der Waals surface area contributed by atoms with Gasteiger partial charge in [-0.05, 0) is 35.1 Å². The summed E-state index contributed by atoms with van der Waals surface area (Å²) >= 11 is 0. The van der Waals surface area contributed by atoms with Crippen LogP contribution in [-0.4, -0.2) is 21.7 Å². The number of benzene rings is 1. The van der Waals surface area contributed by atoms with Crippen LogP contribution in [0.1, 0.15) is 60.3 Å². The second kappa shape index (κ2) is 6.66. The number of H-pyrrole nitrogens is 1. The highest BCUT2D eigenvalue weighted by molar-refractivity contribution is 6.05. The van der Waals surface area contributed by atoms with E-state index in [0.29, 0.717) is 18.2 Å².